The summed E-state index contributed by atoms with van der Waals surface area (Å²) >= 11 is 0. The molecule has 8 heteroatoms. The van der Waals surface area contributed by atoms with E-state index in [2.05, 4.69) is 12.2 Å². The average Bonchev–Trinajstić information content (AvgIpc) is 2.69. The van der Waals surface area contributed by atoms with Crippen molar-refractivity contribution < 1.29 is 22.7 Å². The molecule has 2 rings (SSSR count). The lowest BCUT2D eigenvalue weighted by atomic mass is 9.86. The van der Waals surface area contributed by atoms with Crippen molar-refractivity contribution in [2.45, 2.75) is 64.3 Å². The Bertz CT molecular complexity index is 833. The van der Waals surface area contributed by atoms with E-state index in [-0.39, 0.29) is 29.0 Å². The molecule has 0 aromatic heterocycles. The molecule has 0 heterocycles. The highest BCUT2D eigenvalue weighted by molar-refractivity contribution is 7.89. The number of carbonyl (C=O) groups excluding carboxylic acids is 2. The van der Waals surface area contributed by atoms with Crippen LogP contribution in [0.1, 0.15) is 62.4 Å². The van der Waals surface area contributed by atoms with Gasteiger partial charge in [-0.25, -0.2) is 13.2 Å². The van der Waals surface area contributed by atoms with Crippen LogP contribution in [0.25, 0.3) is 0 Å². The van der Waals surface area contributed by atoms with Crippen LogP contribution >= 0.6 is 0 Å². The summed E-state index contributed by atoms with van der Waals surface area (Å²) in [5, 5.41) is 2.93. The number of benzene rings is 1. The second-order valence-corrected chi connectivity index (χ2v) is 9.49. The minimum absolute atomic E-state index is 0.0798. The van der Waals surface area contributed by atoms with Gasteiger partial charge in [-0.3, -0.25) is 4.79 Å². The molecule has 1 aromatic rings. The van der Waals surface area contributed by atoms with Crippen LogP contribution in [-0.2, 0) is 19.6 Å². The number of esters is 1. The van der Waals surface area contributed by atoms with Crippen molar-refractivity contribution in [2.75, 3.05) is 19.7 Å². The van der Waals surface area contributed by atoms with E-state index in [0.29, 0.717) is 24.6 Å². The molecule has 1 aliphatic rings. The zero-order valence-electron chi connectivity index (χ0n) is 17.7. The second-order valence-electron chi connectivity index (χ2n) is 7.58. The molecule has 0 saturated heterocycles. The summed E-state index contributed by atoms with van der Waals surface area (Å²) in [4.78, 5) is 24.6. The second kappa shape index (κ2) is 10.2. The molecule has 29 heavy (non-hydrogen) atoms. The maximum Gasteiger partial charge on any atom is 0.338 e. The molecule has 0 spiro atoms. The Balaban J connectivity index is 2.05. The number of hydrogen-bond donors (Lipinski definition) is 1. The summed E-state index contributed by atoms with van der Waals surface area (Å²) in [6.07, 6.45) is 4.28. The number of ether oxygens (including phenoxy) is 1. The molecule has 7 nitrogen and oxygen atoms in total. The van der Waals surface area contributed by atoms with Gasteiger partial charge in [-0.1, -0.05) is 39.7 Å². The number of carbonyl (C=O) groups is 2. The van der Waals surface area contributed by atoms with Gasteiger partial charge in [0.1, 0.15) is 0 Å². The predicted octanol–water partition coefficient (Wildman–Crippen LogP) is 2.88. The molecule has 1 fully saturated rings. The van der Waals surface area contributed by atoms with Crippen molar-refractivity contribution in [3.05, 3.63) is 29.3 Å². The summed E-state index contributed by atoms with van der Waals surface area (Å²) in [5.74, 6) is -0.638. The van der Waals surface area contributed by atoms with Crippen LogP contribution in [0.5, 0.6) is 0 Å². The van der Waals surface area contributed by atoms with E-state index < -0.39 is 16.0 Å². The topological polar surface area (TPSA) is 92.8 Å². The van der Waals surface area contributed by atoms with Crippen LogP contribution in [0.15, 0.2) is 23.1 Å². The van der Waals surface area contributed by atoms with Crippen molar-refractivity contribution in [1.29, 1.82) is 0 Å². The number of nitrogens with zero attached hydrogens (tertiary/aromatic N) is 1. The number of amides is 1. The molecular weight excluding hydrogens is 392 g/mol. The van der Waals surface area contributed by atoms with Gasteiger partial charge in [0.15, 0.2) is 6.61 Å². The lowest BCUT2D eigenvalue weighted by Crippen LogP contribution is -2.42. The number of aryl methyl sites for hydroxylation is 1. The van der Waals surface area contributed by atoms with Gasteiger partial charge in [0, 0.05) is 19.1 Å². The summed E-state index contributed by atoms with van der Waals surface area (Å²) in [5.41, 5.74) is 0.664. The van der Waals surface area contributed by atoms with Crippen molar-refractivity contribution in [3.8, 4) is 0 Å². The van der Waals surface area contributed by atoms with E-state index >= 15 is 0 Å². The van der Waals surface area contributed by atoms with Gasteiger partial charge in [0.2, 0.25) is 10.0 Å². The van der Waals surface area contributed by atoms with Gasteiger partial charge in [0.05, 0.1) is 10.5 Å². The Kier molecular flexibility index (Phi) is 8.22. The Hall–Kier alpha value is -1.93. The van der Waals surface area contributed by atoms with E-state index in [4.69, 9.17) is 4.74 Å². The van der Waals surface area contributed by atoms with E-state index in [1.807, 2.05) is 0 Å². The van der Waals surface area contributed by atoms with Crippen LogP contribution < -0.4 is 5.32 Å². The van der Waals surface area contributed by atoms with Crippen LogP contribution in [-0.4, -0.2) is 50.3 Å². The summed E-state index contributed by atoms with van der Waals surface area (Å²) in [6.45, 7) is 7.62. The maximum atomic E-state index is 12.8. The molecule has 0 radical (unpaired) electrons. The third-order valence-electron chi connectivity index (χ3n) is 5.54. The highest BCUT2D eigenvalue weighted by Gasteiger charge is 2.26. The summed E-state index contributed by atoms with van der Waals surface area (Å²) in [6, 6.07) is 4.53. The van der Waals surface area contributed by atoms with Crippen molar-refractivity contribution in [1.82, 2.24) is 9.62 Å². The highest BCUT2D eigenvalue weighted by atomic mass is 32.2. The van der Waals surface area contributed by atoms with Crippen LogP contribution in [0.2, 0.25) is 0 Å². The molecule has 1 N–H and O–H groups in total. The first-order valence-electron chi connectivity index (χ1n) is 10.3. The predicted molar refractivity (Wildman–Crippen MR) is 111 cm³/mol. The maximum absolute atomic E-state index is 12.8. The molecule has 0 unspecified atom stereocenters. The van der Waals surface area contributed by atoms with Crippen LogP contribution in [0, 0.1) is 12.8 Å². The molecule has 1 saturated carbocycles. The first-order chi connectivity index (χ1) is 13.7. The summed E-state index contributed by atoms with van der Waals surface area (Å²) < 4.78 is 32.1. The number of sulfonamides is 1. The van der Waals surface area contributed by atoms with Crippen molar-refractivity contribution in [3.63, 3.8) is 0 Å². The zero-order valence-corrected chi connectivity index (χ0v) is 18.5. The SMILES string of the molecule is CCN(CC)S(=O)(=O)c1cc(C(=O)OCC(=O)N[C@H]2CCCC[C@H]2C)ccc1C. The first kappa shape index (κ1) is 23.3. The van der Waals surface area contributed by atoms with E-state index in [1.165, 1.54) is 22.9 Å². The van der Waals surface area contributed by atoms with E-state index in [9.17, 15) is 18.0 Å². The molecule has 0 bridgehead atoms. The van der Waals surface area contributed by atoms with Crippen molar-refractivity contribution in [2.24, 2.45) is 5.92 Å². The van der Waals surface area contributed by atoms with E-state index in [1.54, 1.807) is 26.8 Å². The van der Waals surface area contributed by atoms with Gasteiger partial charge in [-0.05, 0) is 43.4 Å². The lowest BCUT2D eigenvalue weighted by molar-refractivity contribution is -0.125. The van der Waals surface area contributed by atoms with Gasteiger partial charge < -0.3 is 10.1 Å². The fourth-order valence-electron chi connectivity index (χ4n) is 3.70. The van der Waals surface area contributed by atoms with Gasteiger partial charge in [-0.15, -0.1) is 0 Å². The Labute approximate surface area is 173 Å². The molecule has 2 atom stereocenters. The Morgan fingerprint density at radius 1 is 1.17 bits per heavy atom. The fraction of sp³-hybridized carbons (Fsp3) is 0.619. The first-order valence-corrected chi connectivity index (χ1v) is 11.7. The Morgan fingerprint density at radius 3 is 2.45 bits per heavy atom. The Morgan fingerprint density at radius 2 is 1.83 bits per heavy atom. The quantitative estimate of drug-likeness (QED) is 0.648. The number of rotatable bonds is 8. The molecule has 1 amide bonds. The smallest absolute Gasteiger partial charge is 0.338 e. The molecule has 0 aliphatic heterocycles. The van der Waals surface area contributed by atoms with E-state index in [0.717, 1.165) is 19.3 Å². The molecule has 1 aromatic carbocycles. The van der Waals surface area contributed by atoms with Crippen molar-refractivity contribution >= 4 is 21.9 Å². The zero-order chi connectivity index (χ0) is 21.6. The number of nitrogens with one attached hydrogen (secondary N) is 1. The van der Waals surface area contributed by atoms with Crippen LogP contribution in [0.4, 0.5) is 0 Å². The fourth-order valence-corrected chi connectivity index (χ4v) is 5.41. The molecule has 1 aliphatic carbocycles. The lowest BCUT2D eigenvalue weighted by Gasteiger charge is -2.29. The van der Waals surface area contributed by atoms with Gasteiger partial charge in [-0.2, -0.15) is 4.31 Å². The minimum Gasteiger partial charge on any atom is -0.452 e. The third-order valence-corrected chi connectivity index (χ3v) is 7.73. The standard InChI is InChI=1S/C21H32N2O5S/c1-5-23(6-2)29(26,27)19-13-17(12-11-16(19)4)21(25)28-14-20(24)22-18-10-8-7-9-15(18)3/h11-13,15,18H,5-10,14H2,1-4H3,(H,22,24)/t15-,18+/m1/s1. The number of hydrogen-bond acceptors (Lipinski definition) is 5. The third kappa shape index (κ3) is 5.79. The largest absolute Gasteiger partial charge is 0.452 e. The average molecular weight is 425 g/mol. The molecular formula is C21H32N2O5S. The van der Waals surface area contributed by atoms with Crippen LogP contribution in [0.3, 0.4) is 0 Å². The highest BCUT2D eigenvalue weighted by Crippen LogP contribution is 2.24. The van der Waals surface area contributed by atoms with Gasteiger partial charge in [0.25, 0.3) is 5.91 Å². The monoisotopic (exact) mass is 424 g/mol. The normalized spacial score (nSPS) is 19.8. The van der Waals surface area contributed by atoms with Gasteiger partial charge >= 0.3 is 5.97 Å². The molecule has 162 valence electrons. The minimum atomic E-state index is -3.70. The summed E-state index contributed by atoms with van der Waals surface area (Å²) in [7, 11) is -3.70.